The average molecular weight is 820 g/mol. The van der Waals surface area contributed by atoms with Crippen molar-refractivity contribution in [2.75, 3.05) is 4.90 Å². The van der Waals surface area contributed by atoms with Crippen molar-refractivity contribution in [3.05, 3.63) is 109 Å². The van der Waals surface area contributed by atoms with Crippen molar-refractivity contribution in [3.8, 4) is 11.3 Å². The zero-order valence-electron chi connectivity index (χ0n) is 31.2. The molecule has 1 aromatic heterocycles. The molecular formula is C43H49IrN2O2-. The summed E-state index contributed by atoms with van der Waals surface area (Å²) in [7, 11) is 0. The second-order valence-electron chi connectivity index (χ2n) is 13.4. The van der Waals surface area contributed by atoms with Crippen LogP contribution >= 0.6 is 0 Å². The predicted octanol–water partition coefficient (Wildman–Crippen LogP) is 12.1. The van der Waals surface area contributed by atoms with E-state index < -0.39 is 11.8 Å². The van der Waals surface area contributed by atoms with E-state index in [0.717, 1.165) is 75.5 Å². The number of aliphatic hydroxyl groups excluding tert-OH is 1. The van der Waals surface area contributed by atoms with Gasteiger partial charge in [-0.1, -0.05) is 108 Å². The molecule has 0 fully saturated rings. The Morgan fingerprint density at radius 2 is 1.56 bits per heavy atom. The molecule has 0 amide bonds. The van der Waals surface area contributed by atoms with Gasteiger partial charge < -0.3 is 15.0 Å². The molecule has 0 bridgehead atoms. The summed E-state index contributed by atoms with van der Waals surface area (Å²) in [6, 6.07) is 30.2. The van der Waals surface area contributed by atoms with E-state index in [-0.39, 0.29) is 43.5 Å². The van der Waals surface area contributed by atoms with Crippen LogP contribution in [0, 0.1) is 23.3 Å². The largest absolute Gasteiger partial charge is 0.512 e. The van der Waals surface area contributed by atoms with E-state index in [2.05, 4.69) is 41.3 Å². The van der Waals surface area contributed by atoms with Crippen molar-refractivity contribution in [1.29, 1.82) is 0 Å². The monoisotopic (exact) mass is 820 g/mol. The van der Waals surface area contributed by atoms with Gasteiger partial charge in [0.25, 0.3) is 0 Å². The van der Waals surface area contributed by atoms with Gasteiger partial charge in [0.2, 0.25) is 0 Å². The summed E-state index contributed by atoms with van der Waals surface area (Å²) in [5.41, 5.74) is 4.98. The van der Waals surface area contributed by atoms with E-state index in [9.17, 15) is 9.90 Å². The number of hydrogen-bond acceptors (Lipinski definition) is 4. The molecule has 4 nitrogen and oxygen atoms in total. The Kier molecular flexibility index (Phi) is 11.4. The third kappa shape index (κ3) is 7.91. The number of anilines is 3. The number of para-hydroxylation sites is 1. The normalized spacial score (nSPS) is 13.4. The quantitative estimate of drug-likeness (QED) is 0.0897. The standard InChI is InChI=1S/C30H25N2.C13H24O2.Ir/c1-30(2,3)19-20-17-22-15-16-31-28-25-14-13-21-9-7-8-12-24(21)29(25)32(26(18-20)27(22)28)23-10-5-4-6-11-23;1-5-10(6-2)12(14)9-13(15)11(7-3)8-4;/h4-13,15-18H,19H2,1-3H3;9-11,14H,5-8H2,1-4H3;/q-1;;/b;12-9-;/i19D2;;. The molecule has 1 aliphatic heterocycles. The van der Waals surface area contributed by atoms with Crippen LogP contribution in [0.1, 0.15) is 82.5 Å². The molecule has 48 heavy (non-hydrogen) atoms. The molecule has 1 N–H and O–H groups in total. The van der Waals surface area contributed by atoms with Gasteiger partial charge in [0.15, 0.2) is 5.78 Å². The van der Waals surface area contributed by atoms with Crippen molar-refractivity contribution in [3.63, 3.8) is 0 Å². The van der Waals surface area contributed by atoms with E-state index >= 15 is 0 Å². The number of fused-ring (bicyclic) bond motifs is 4. The number of ketones is 1. The van der Waals surface area contributed by atoms with Gasteiger partial charge in [0.1, 0.15) is 0 Å². The number of aromatic nitrogens is 1. The Balaban J connectivity index is 0.000000301. The third-order valence-electron chi connectivity index (χ3n) is 8.98. The molecule has 0 saturated carbocycles. The van der Waals surface area contributed by atoms with Gasteiger partial charge in [-0.25, -0.2) is 0 Å². The fourth-order valence-corrected chi connectivity index (χ4v) is 6.52. The number of aliphatic hydroxyl groups is 1. The van der Waals surface area contributed by atoms with Gasteiger partial charge in [-0.3, -0.25) is 4.79 Å². The Hall–Kier alpha value is -3.79. The average Bonchev–Trinajstić information content (AvgIpc) is 3.09. The maximum absolute atomic E-state index is 11.7. The maximum atomic E-state index is 11.7. The molecule has 5 aromatic rings. The number of rotatable bonds is 9. The van der Waals surface area contributed by atoms with Gasteiger partial charge in [-0.05, 0) is 89.5 Å². The molecule has 6 rings (SSSR count). The van der Waals surface area contributed by atoms with Crippen LogP contribution in [0.15, 0.2) is 96.9 Å². The molecule has 0 atom stereocenters. The third-order valence-corrected chi connectivity index (χ3v) is 8.98. The van der Waals surface area contributed by atoms with Gasteiger partial charge in [0, 0.05) is 58.3 Å². The van der Waals surface area contributed by atoms with Crippen LogP contribution in [0.2, 0.25) is 0 Å². The predicted molar refractivity (Wildman–Crippen MR) is 199 cm³/mol. The Bertz CT molecular complexity index is 1980. The minimum atomic E-state index is -1.52. The van der Waals surface area contributed by atoms with Crippen LogP contribution in [0.25, 0.3) is 32.8 Å². The molecule has 5 heteroatoms. The van der Waals surface area contributed by atoms with Crippen molar-refractivity contribution in [2.45, 2.75) is 80.5 Å². The first-order valence-corrected chi connectivity index (χ1v) is 17.0. The van der Waals surface area contributed by atoms with Crippen LogP contribution in [0.3, 0.4) is 0 Å². The molecule has 0 saturated heterocycles. The SMILES string of the molecule is CCC(CC)C(=O)/C=C(\O)C(CC)CC.[2H]C([2H])(c1cc2c3c(nccc3c1)-c1[c-]cc3ccccc3c1N2c1ccccc1)C(C)(C)C.[Ir]. The van der Waals surface area contributed by atoms with Crippen LogP contribution in [-0.2, 0) is 31.3 Å². The van der Waals surface area contributed by atoms with E-state index in [1.165, 1.54) is 6.08 Å². The molecule has 0 unspecified atom stereocenters. The minimum absolute atomic E-state index is 0. The summed E-state index contributed by atoms with van der Waals surface area (Å²) in [5.74, 6) is 0.547. The first kappa shape index (κ1) is 34.1. The molecule has 1 aliphatic rings. The van der Waals surface area contributed by atoms with Crippen LogP contribution in [-0.4, -0.2) is 15.9 Å². The number of pyridine rings is 1. The zero-order chi connectivity index (χ0) is 35.5. The van der Waals surface area contributed by atoms with Crippen molar-refractivity contribution in [2.24, 2.45) is 17.3 Å². The molecule has 0 spiro atoms. The molecule has 0 aliphatic carbocycles. The molecule has 1 radical (unpaired) electrons. The number of benzene rings is 4. The summed E-state index contributed by atoms with van der Waals surface area (Å²) in [6.07, 6.45) is 5.21. The van der Waals surface area contributed by atoms with E-state index in [0.29, 0.717) is 5.56 Å². The van der Waals surface area contributed by atoms with Crippen LogP contribution in [0.4, 0.5) is 17.1 Å². The molecular weight excluding hydrogens is 769 g/mol. The van der Waals surface area contributed by atoms with Crippen molar-refractivity contribution < 1.29 is 32.7 Å². The van der Waals surface area contributed by atoms with Gasteiger partial charge >= 0.3 is 0 Å². The number of allylic oxidation sites excluding steroid dienone is 2. The Morgan fingerprint density at radius 3 is 2.21 bits per heavy atom. The van der Waals surface area contributed by atoms with E-state index in [1.54, 1.807) is 0 Å². The van der Waals surface area contributed by atoms with E-state index in [1.807, 2.05) is 103 Å². The number of carbonyl (C=O) groups excluding carboxylic acids is 1. The maximum Gasteiger partial charge on any atom is 0.162 e. The molecule has 2 heterocycles. The first-order valence-electron chi connectivity index (χ1n) is 18.0. The second kappa shape index (κ2) is 16.1. The topological polar surface area (TPSA) is 53.4 Å². The van der Waals surface area contributed by atoms with Crippen molar-refractivity contribution in [1.82, 2.24) is 4.98 Å². The molecule has 4 aromatic carbocycles. The Morgan fingerprint density at radius 1 is 0.917 bits per heavy atom. The van der Waals surface area contributed by atoms with Crippen LogP contribution < -0.4 is 4.90 Å². The summed E-state index contributed by atoms with van der Waals surface area (Å²) in [4.78, 5) is 18.8. The summed E-state index contributed by atoms with van der Waals surface area (Å²) in [6.45, 7) is 13.9. The fourth-order valence-electron chi connectivity index (χ4n) is 6.52. The zero-order valence-corrected chi connectivity index (χ0v) is 31.6. The summed E-state index contributed by atoms with van der Waals surface area (Å²) < 4.78 is 18.0. The number of nitrogens with zero attached hydrogens (tertiary/aromatic N) is 2. The fraction of sp³-hybridized carbons (Fsp3) is 0.349. The summed E-state index contributed by atoms with van der Waals surface area (Å²) in [5, 5.41) is 14.0. The minimum Gasteiger partial charge on any atom is -0.512 e. The van der Waals surface area contributed by atoms with Gasteiger partial charge in [0.05, 0.1) is 5.76 Å². The summed E-state index contributed by atoms with van der Waals surface area (Å²) >= 11 is 0. The number of carbonyl (C=O) groups is 1. The van der Waals surface area contributed by atoms with Crippen LogP contribution in [0.5, 0.6) is 0 Å². The smallest absolute Gasteiger partial charge is 0.162 e. The number of hydrogen-bond donors (Lipinski definition) is 1. The van der Waals surface area contributed by atoms with Crippen molar-refractivity contribution >= 4 is 44.4 Å². The van der Waals surface area contributed by atoms with E-state index in [4.69, 9.17) is 7.73 Å². The first-order chi connectivity index (χ1) is 23.4. The molecule has 253 valence electrons. The Labute approximate surface area is 303 Å². The second-order valence-corrected chi connectivity index (χ2v) is 13.4. The van der Waals surface area contributed by atoms with Gasteiger partial charge in [-0.2, -0.15) is 0 Å². The van der Waals surface area contributed by atoms with Gasteiger partial charge in [-0.15, -0.1) is 17.7 Å².